The van der Waals surface area contributed by atoms with E-state index >= 15 is 0 Å². The van der Waals surface area contributed by atoms with Crippen molar-refractivity contribution >= 4 is 11.3 Å². The first-order valence-electron chi connectivity index (χ1n) is 5.84. The van der Waals surface area contributed by atoms with Gasteiger partial charge in [-0.1, -0.05) is 6.07 Å². The van der Waals surface area contributed by atoms with E-state index in [-0.39, 0.29) is 6.54 Å². The number of hydrogen-bond donors (Lipinski definition) is 1. The second-order valence-corrected chi connectivity index (χ2v) is 5.60. The predicted molar refractivity (Wildman–Crippen MR) is 68.8 cm³/mol. The van der Waals surface area contributed by atoms with E-state index in [1.807, 2.05) is 6.92 Å². The van der Waals surface area contributed by atoms with Crippen molar-refractivity contribution in [3.63, 3.8) is 0 Å². The van der Waals surface area contributed by atoms with Crippen LogP contribution in [0.4, 0.5) is 17.6 Å². The zero-order chi connectivity index (χ0) is 14.8. The van der Waals surface area contributed by atoms with Crippen molar-refractivity contribution in [2.45, 2.75) is 26.2 Å². The first-order chi connectivity index (χ1) is 9.36. The monoisotopic (exact) mass is 304 g/mol. The largest absolute Gasteiger partial charge is 0.419 e. The summed E-state index contributed by atoms with van der Waals surface area (Å²) in [5, 5.41) is 3.85. The molecular formula is C13H12F4N2S. The standard InChI is InChI=1S/C13H12F4N2S/c1-8-5-19-12(20-8)7-18-6-9-2-3-11(14)10(4-9)13(15,16)17/h2-5,18H,6-7H2,1H3. The smallest absolute Gasteiger partial charge is 0.306 e. The van der Waals surface area contributed by atoms with Crippen LogP contribution in [-0.2, 0) is 19.3 Å². The molecule has 7 heteroatoms. The molecular weight excluding hydrogens is 292 g/mol. The van der Waals surface area contributed by atoms with Crippen molar-refractivity contribution in [3.05, 3.63) is 51.2 Å². The van der Waals surface area contributed by atoms with Crippen LogP contribution >= 0.6 is 11.3 Å². The van der Waals surface area contributed by atoms with E-state index in [4.69, 9.17) is 0 Å². The van der Waals surface area contributed by atoms with Gasteiger partial charge in [-0.25, -0.2) is 9.37 Å². The fraction of sp³-hybridized carbons (Fsp3) is 0.308. The van der Waals surface area contributed by atoms with E-state index in [0.717, 1.165) is 22.0 Å². The molecule has 20 heavy (non-hydrogen) atoms. The van der Waals surface area contributed by atoms with Crippen molar-refractivity contribution in [2.24, 2.45) is 0 Å². The highest BCUT2D eigenvalue weighted by atomic mass is 32.1. The van der Waals surface area contributed by atoms with Gasteiger partial charge < -0.3 is 5.32 Å². The lowest BCUT2D eigenvalue weighted by Gasteiger charge is -2.10. The average molecular weight is 304 g/mol. The van der Waals surface area contributed by atoms with Crippen molar-refractivity contribution in [1.29, 1.82) is 0 Å². The third-order valence-electron chi connectivity index (χ3n) is 2.61. The molecule has 0 aliphatic heterocycles. The SMILES string of the molecule is Cc1cnc(CNCc2ccc(F)c(C(F)(F)F)c2)s1. The maximum Gasteiger partial charge on any atom is 0.419 e. The summed E-state index contributed by atoms with van der Waals surface area (Å²) in [6.07, 6.45) is -2.94. The fourth-order valence-electron chi connectivity index (χ4n) is 1.70. The number of alkyl halides is 3. The number of hydrogen-bond acceptors (Lipinski definition) is 3. The van der Waals surface area contributed by atoms with Crippen molar-refractivity contribution in [3.8, 4) is 0 Å². The molecule has 0 fully saturated rings. The first kappa shape index (κ1) is 14.9. The Morgan fingerprint density at radius 3 is 2.60 bits per heavy atom. The molecule has 1 heterocycles. The van der Waals surface area contributed by atoms with E-state index in [1.54, 1.807) is 6.20 Å². The van der Waals surface area contributed by atoms with Crippen LogP contribution in [0.25, 0.3) is 0 Å². The molecule has 2 rings (SSSR count). The van der Waals surface area contributed by atoms with Gasteiger partial charge in [0.1, 0.15) is 10.8 Å². The van der Waals surface area contributed by atoms with Gasteiger partial charge >= 0.3 is 6.18 Å². The molecule has 0 atom stereocenters. The van der Waals surface area contributed by atoms with E-state index in [1.165, 1.54) is 17.4 Å². The van der Waals surface area contributed by atoms with Crippen molar-refractivity contribution in [2.75, 3.05) is 0 Å². The molecule has 0 saturated carbocycles. The predicted octanol–water partition coefficient (Wildman–Crippen LogP) is 3.90. The van der Waals surface area contributed by atoms with E-state index in [0.29, 0.717) is 12.1 Å². The number of thiazole rings is 1. The first-order valence-corrected chi connectivity index (χ1v) is 6.65. The molecule has 0 aliphatic carbocycles. The zero-order valence-electron chi connectivity index (χ0n) is 10.6. The molecule has 0 amide bonds. The van der Waals surface area contributed by atoms with E-state index in [2.05, 4.69) is 10.3 Å². The van der Waals surface area contributed by atoms with E-state index in [9.17, 15) is 17.6 Å². The van der Waals surface area contributed by atoms with Crippen LogP contribution in [-0.4, -0.2) is 4.98 Å². The summed E-state index contributed by atoms with van der Waals surface area (Å²) in [6.45, 7) is 2.62. The van der Waals surface area contributed by atoms with Gasteiger partial charge in [0.25, 0.3) is 0 Å². The van der Waals surface area contributed by atoms with Crippen molar-refractivity contribution in [1.82, 2.24) is 10.3 Å². The Bertz CT molecular complexity index is 592. The summed E-state index contributed by atoms with van der Waals surface area (Å²) >= 11 is 1.52. The van der Waals surface area contributed by atoms with Gasteiger partial charge in [-0.3, -0.25) is 0 Å². The number of nitrogens with zero attached hydrogens (tertiary/aromatic N) is 1. The van der Waals surface area contributed by atoms with Crippen LogP contribution in [0.3, 0.4) is 0 Å². The Morgan fingerprint density at radius 2 is 2.00 bits per heavy atom. The van der Waals surface area contributed by atoms with Crippen LogP contribution in [0.1, 0.15) is 21.0 Å². The molecule has 1 aromatic heterocycles. The van der Waals surface area contributed by atoms with Gasteiger partial charge in [0.05, 0.1) is 5.56 Å². The Labute approximate surface area is 117 Å². The highest BCUT2D eigenvalue weighted by molar-refractivity contribution is 7.11. The lowest BCUT2D eigenvalue weighted by molar-refractivity contribution is -0.140. The third kappa shape index (κ3) is 3.77. The minimum atomic E-state index is -4.67. The van der Waals surface area contributed by atoms with Gasteiger partial charge in [0.2, 0.25) is 0 Å². The fourth-order valence-corrected chi connectivity index (χ4v) is 2.45. The molecule has 2 nitrogen and oxygen atoms in total. The summed E-state index contributed by atoms with van der Waals surface area (Å²) in [6, 6.07) is 3.01. The zero-order valence-corrected chi connectivity index (χ0v) is 11.4. The Balaban J connectivity index is 2.00. The number of nitrogens with one attached hydrogen (secondary N) is 1. The summed E-state index contributed by atoms with van der Waals surface area (Å²) in [7, 11) is 0. The number of aromatic nitrogens is 1. The van der Waals surface area contributed by atoms with Crippen LogP contribution in [0, 0.1) is 12.7 Å². The van der Waals surface area contributed by atoms with Gasteiger partial charge in [0, 0.05) is 24.2 Å². The van der Waals surface area contributed by atoms with Gasteiger partial charge in [-0.15, -0.1) is 11.3 Å². The third-order valence-corrected chi connectivity index (χ3v) is 3.52. The number of aryl methyl sites for hydroxylation is 1. The number of rotatable bonds is 4. The maximum atomic E-state index is 13.1. The molecule has 0 bridgehead atoms. The Kier molecular flexibility index (Phi) is 4.39. The minimum Gasteiger partial charge on any atom is -0.306 e. The summed E-state index contributed by atoms with van der Waals surface area (Å²) in [5.74, 6) is -1.25. The van der Waals surface area contributed by atoms with Crippen molar-refractivity contribution < 1.29 is 17.6 Å². The topological polar surface area (TPSA) is 24.9 Å². The molecule has 2 aromatic rings. The van der Waals surface area contributed by atoms with Crippen LogP contribution < -0.4 is 5.32 Å². The second-order valence-electron chi connectivity index (χ2n) is 4.28. The molecule has 0 saturated heterocycles. The molecule has 0 aliphatic rings. The molecule has 108 valence electrons. The number of halogens is 4. The highest BCUT2D eigenvalue weighted by Gasteiger charge is 2.34. The van der Waals surface area contributed by atoms with Gasteiger partial charge in [-0.05, 0) is 24.6 Å². The van der Waals surface area contributed by atoms with Gasteiger partial charge in [-0.2, -0.15) is 13.2 Å². The summed E-state index contributed by atoms with van der Waals surface area (Å²) in [5.41, 5.74) is -0.853. The normalized spacial score (nSPS) is 11.8. The summed E-state index contributed by atoms with van der Waals surface area (Å²) in [4.78, 5) is 5.21. The van der Waals surface area contributed by atoms with Gasteiger partial charge in [0.15, 0.2) is 0 Å². The highest BCUT2D eigenvalue weighted by Crippen LogP contribution is 2.31. The molecule has 1 aromatic carbocycles. The minimum absolute atomic E-state index is 0.224. The maximum absolute atomic E-state index is 13.1. The molecule has 1 N–H and O–H groups in total. The molecule has 0 spiro atoms. The van der Waals surface area contributed by atoms with E-state index < -0.39 is 17.6 Å². The van der Waals surface area contributed by atoms with Crippen LogP contribution in [0.2, 0.25) is 0 Å². The molecule has 0 unspecified atom stereocenters. The lowest BCUT2D eigenvalue weighted by atomic mass is 10.1. The summed E-state index contributed by atoms with van der Waals surface area (Å²) < 4.78 is 50.8. The quantitative estimate of drug-likeness (QED) is 0.867. The lowest BCUT2D eigenvalue weighted by Crippen LogP contribution is -2.14. The Morgan fingerprint density at radius 1 is 1.25 bits per heavy atom. The second kappa shape index (κ2) is 5.88. The average Bonchev–Trinajstić information content (AvgIpc) is 2.76. The molecule has 0 radical (unpaired) electrons. The van der Waals surface area contributed by atoms with Crippen LogP contribution in [0.5, 0.6) is 0 Å². The van der Waals surface area contributed by atoms with Crippen LogP contribution in [0.15, 0.2) is 24.4 Å². The Hall–Kier alpha value is -1.47. The number of benzene rings is 1.